The lowest BCUT2D eigenvalue weighted by molar-refractivity contribution is -0.122. The predicted molar refractivity (Wildman–Crippen MR) is 40.6 cm³/mol. The number of ketones is 1. The highest BCUT2D eigenvalue weighted by Gasteiger charge is 2.19. The van der Waals surface area contributed by atoms with E-state index in [2.05, 4.69) is 10.4 Å². The van der Waals surface area contributed by atoms with Gasteiger partial charge in [0.25, 0.3) is 0 Å². The quantitative estimate of drug-likeness (QED) is 0.586. The SMILES string of the molecule is N=NCC(=O)C1CCCNC1. The van der Waals surface area contributed by atoms with Gasteiger partial charge in [0, 0.05) is 12.5 Å². The molecule has 1 fully saturated rings. The molecule has 0 aromatic heterocycles. The number of nitrogens with zero attached hydrogens (tertiary/aromatic N) is 1. The molecule has 11 heavy (non-hydrogen) atoms. The minimum Gasteiger partial charge on any atom is -0.316 e. The first kappa shape index (κ1) is 8.33. The zero-order valence-corrected chi connectivity index (χ0v) is 6.47. The van der Waals surface area contributed by atoms with Gasteiger partial charge in [0.05, 0.1) is 0 Å². The highest BCUT2D eigenvalue weighted by Crippen LogP contribution is 2.10. The average Bonchev–Trinajstić information content (AvgIpc) is 2.07. The molecule has 62 valence electrons. The van der Waals surface area contributed by atoms with Crippen molar-refractivity contribution in [2.45, 2.75) is 12.8 Å². The van der Waals surface area contributed by atoms with Crippen LogP contribution < -0.4 is 5.32 Å². The molecule has 0 bridgehead atoms. The van der Waals surface area contributed by atoms with Crippen molar-refractivity contribution in [3.63, 3.8) is 0 Å². The van der Waals surface area contributed by atoms with Gasteiger partial charge in [-0.2, -0.15) is 5.11 Å². The molecule has 0 aromatic rings. The first-order valence-corrected chi connectivity index (χ1v) is 3.91. The fraction of sp³-hybridized carbons (Fsp3) is 0.857. The summed E-state index contributed by atoms with van der Waals surface area (Å²) in [4.78, 5) is 11.1. The summed E-state index contributed by atoms with van der Waals surface area (Å²) in [7, 11) is 0. The van der Waals surface area contributed by atoms with Crippen LogP contribution >= 0.6 is 0 Å². The normalized spacial score (nSPS) is 24.5. The molecule has 0 aromatic carbocycles. The lowest BCUT2D eigenvalue weighted by Gasteiger charge is -2.20. The minimum atomic E-state index is 0.0619. The van der Waals surface area contributed by atoms with Crippen molar-refractivity contribution in [2.24, 2.45) is 11.0 Å². The van der Waals surface area contributed by atoms with Gasteiger partial charge in [-0.05, 0) is 19.4 Å². The van der Waals surface area contributed by atoms with E-state index in [0.717, 1.165) is 25.9 Å². The van der Waals surface area contributed by atoms with Crippen LogP contribution in [0.1, 0.15) is 12.8 Å². The van der Waals surface area contributed by atoms with Gasteiger partial charge in [0.2, 0.25) is 0 Å². The van der Waals surface area contributed by atoms with Gasteiger partial charge < -0.3 is 5.32 Å². The van der Waals surface area contributed by atoms with Crippen LogP contribution in [0.25, 0.3) is 0 Å². The Morgan fingerprint density at radius 2 is 2.55 bits per heavy atom. The Morgan fingerprint density at radius 1 is 1.73 bits per heavy atom. The summed E-state index contributed by atoms with van der Waals surface area (Å²) in [5, 5.41) is 6.23. The molecular weight excluding hydrogens is 142 g/mol. The van der Waals surface area contributed by atoms with Crippen molar-refractivity contribution in [1.82, 2.24) is 5.32 Å². The Hall–Kier alpha value is -0.770. The molecule has 1 saturated heterocycles. The minimum absolute atomic E-state index is 0.0619. The maximum absolute atomic E-state index is 11.1. The number of piperidine rings is 1. The number of hydrogen-bond acceptors (Lipinski definition) is 4. The average molecular weight is 155 g/mol. The molecule has 4 heteroatoms. The van der Waals surface area contributed by atoms with Crippen LogP contribution in [0.5, 0.6) is 0 Å². The van der Waals surface area contributed by atoms with Crippen LogP contribution in [0.4, 0.5) is 0 Å². The van der Waals surface area contributed by atoms with Crippen LogP contribution in [0.2, 0.25) is 0 Å². The van der Waals surface area contributed by atoms with E-state index in [1.54, 1.807) is 0 Å². The summed E-state index contributed by atoms with van der Waals surface area (Å²) in [5.41, 5.74) is 6.54. The van der Waals surface area contributed by atoms with Crippen LogP contribution in [0, 0.1) is 11.4 Å². The van der Waals surface area contributed by atoms with Crippen LogP contribution in [-0.4, -0.2) is 25.4 Å². The van der Waals surface area contributed by atoms with Crippen LogP contribution in [-0.2, 0) is 4.79 Å². The zero-order chi connectivity index (χ0) is 8.10. The van der Waals surface area contributed by atoms with Gasteiger partial charge in [0.15, 0.2) is 5.78 Å². The third-order valence-electron chi connectivity index (χ3n) is 1.99. The van der Waals surface area contributed by atoms with Gasteiger partial charge >= 0.3 is 0 Å². The Balaban J connectivity index is 2.32. The lowest BCUT2D eigenvalue weighted by atomic mass is 9.95. The van der Waals surface area contributed by atoms with E-state index in [9.17, 15) is 4.79 Å². The molecule has 1 unspecified atom stereocenters. The fourth-order valence-corrected chi connectivity index (χ4v) is 1.33. The standard InChI is InChI=1S/C7H13N3O/c8-10-5-7(11)6-2-1-3-9-4-6/h6,8-9H,1-5H2. The molecule has 0 radical (unpaired) electrons. The van der Waals surface area contributed by atoms with E-state index in [-0.39, 0.29) is 18.2 Å². The number of nitrogens with one attached hydrogen (secondary N) is 2. The first-order valence-electron chi connectivity index (χ1n) is 3.91. The maximum atomic E-state index is 11.1. The molecule has 1 atom stereocenters. The molecule has 0 spiro atoms. The van der Waals surface area contributed by atoms with E-state index in [0.29, 0.717) is 0 Å². The molecule has 1 aliphatic rings. The van der Waals surface area contributed by atoms with Crippen molar-refractivity contribution in [3.05, 3.63) is 0 Å². The van der Waals surface area contributed by atoms with Crippen molar-refractivity contribution >= 4 is 5.78 Å². The molecule has 0 saturated carbocycles. The predicted octanol–water partition coefficient (Wildman–Crippen LogP) is 0.586. The molecule has 1 rings (SSSR count). The molecule has 1 heterocycles. The Morgan fingerprint density at radius 3 is 3.09 bits per heavy atom. The zero-order valence-electron chi connectivity index (χ0n) is 6.47. The van der Waals surface area contributed by atoms with E-state index >= 15 is 0 Å². The summed E-state index contributed by atoms with van der Waals surface area (Å²) >= 11 is 0. The van der Waals surface area contributed by atoms with E-state index in [1.165, 1.54) is 0 Å². The smallest absolute Gasteiger partial charge is 0.160 e. The van der Waals surface area contributed by atoms with Gasteiger partial charge in [-0.3, -0.25) is 4.79 Å². The fourth-order valence-electron chi connectivity index (χ4n) is 1.33. The second-order valence-electron chi connectivity index (χ2n) is 2.83. The first-order chi connectivity index (χ1) is 5.34. The molecular formula is C7H13N3O. The monoisotopic (exact) mass is 155 g/mol. The van der Waals surface area contributed by atoms with Crippen molar-refractivity contribution < 1.29 is 4.79 Å². The Bertz CT molecular complexity index is 152. The number of hydrogen-bond donors (Lipinski definition) is 2. The number of carbonyl (C=O) groups excluding carboxylic acids is 1. The van der Waals surface area contributed by atoms with Gasteiger partial charge in [-0.1, -0.05) is 0 Å². The van der Waals surface area contributed by atoms with Crippen molar-refractivity contribution in [3.8, 4) is 0 Å². The molecule has 1 aliphatic heterocycles. The highest BCUT2D eigenvalue weighted by molar-refractivity contribution is 5.83. The third kappa shape index (κ3) is 2.38. The molecule has 0 amide bonds. The second-order valence-corrected chi connectivity index (χ2v) is 2.83. The van der Waals surface area contributed by atoms with Crippen LogP contribution in [0.15, 0.2) is 5.11 Å². The molecule has 4 nitrogen and oxygen atoms in total. The van der Waals surface area contributed by atoms with Crippen molar-refractivity contribution in [2.75, 3.05) is 19.6 Å². The Kier molecular flexibility index (Phi) is 3.16. The van der Waals surface area contributed by atoms with Crippen molar-refractivity contribution in [1.29, 1.82) is 5.53 Å². The van der Waals surface area contributed by atoms with E-state index < -0.39 is 0 Å². The second kappa shape index (κ2) is 4.18. The number of Topliss-reactive ketones (excluding diaryl/α,β-unsaturated/α-hetero) is 1. The van der Waals surface area contributed by atoms with Crippen LogP contribution in [0.3, 0.4) is 0 Å². The summed E-state index contributed by atoms with van der Waals surface area (Å²) in [6.45, 7) is 1.85. The Labute approximate surface area is 65.9 Å². The third-order valence-corrected chi connectivity index (χ3v) is 1.99. The topological polar surface area (TPSA) is 65.3 Å². The van der Waals surface area contributed by atoms with E-state index in [4.69, 9.17) is 5.53 Å². The molecule has 0 aliphatic carbocycles. The summed E-state index contributed by atoms with van der Waals surface area (Å²) in [6.07, 6.45) is 2.02. The summed E-state index contributed by atoms with van der Waals surface area (Å²) in [6, 6.07) is 0. The van der Waals surface area contributed by atoms with Gasteiger partial charge in [-0.25, -0.2) is 5.53 Å². The van der Waals surface area contributed by atoms with Gasteiger partial charge in [-0.15, -0.1) is 0 Å². The largest absolute Gasteiger partial charge is 0.316 e. The number of carbonyl (C=O) groups is 1. The molecule has 2 N–H and O–H groups in total. The number of rotatable bonds is 3. The maximum Gasteiger partial charge on any atom is 0.160 e. The summed E-state index contributed by atoms with van der Waals surface area (Å²) in [5.74, 6) is 0.213. The highest BCUT2D eigenvalue weighted by atomic mass is 16.1. The lowest BCUT2D eigenvalue weighted by Crippen LogP contribution is -2.35. The summed E-state index contributed by atoms with van der Waals surface area (Å²) < 4.78 is 0. The van der Waals surface area contributed by atoms with Gasteiger partial charge in [0.1, 0.15) is 6.54 Å². The van der Waals surface area contributed by atoms with E-state index in [1.807, 2.05) is 0 Å².